The van der Waals surface area contributed by atoms with Crippen LogP contribution in [0.15, 0.2) is 29.8 Å². The quantitative estimate of drug-likeness (QED) is 0.391. The minimum absolute atomic E-state index is 0.0476. The number of aromatic nitrogens is 2. The Bertz CT molecular complexity index is 827. The minimum Gasteiger partial charge on any atom is -0.437 e. The summed E-state index contributed by atoms with van der Waals surface area (Å²) in [6.07, 6.45) is 1.93. The number of nitrogens with zero attached hydrogens (tertiary/aromatic N) is 3. The van der Waals surface area contributed by atoms with Crippen LogP contribution in [0, 0.1) is 17.0 Å². The van der Waals surface area contributed by atoms with Gasteiger partial charge < -0.3 is 4.74 Å². The molecule has 0 aliphatic heterocycles. The van der Waals surface area contributed by atoms with Gasteiger partial charge in [-0.1, -0.05) is 15.9 Å². The molecule has 0 aliphatic rings. The van der Waals surface area contributed by atoms with Crippen LogP contribution in [-0.4, -0.2) is 14.3 Å². The second-order valence-electron chi connectivity index (χ2n) is 4.36. The third-order valence-corrected chi connectivity index (χ3v) is 4.31. The lowest BCUT2D eigenvalue weighted by molar-refractivity contribution is -0.384. The lowest BCUT2D eigenvalue weighted by atomic mass is 10.2. The van der Waals surface area contributed by atoms with Gasteiger partial charge >= 0.3 is 0 Å². The number of ether oxygens (including phenoxy) is 1. The van der Waals surface area contributed by atoms with Gasteiger partial charge in [0.1, 0.15) is 5.75 Å². The van der Waals surface area contributed by atoms with Crippen molar-refractivity contribution in [1.82, 2.24) is 9.38 Å². The first-order chi connectivity index (χ1) is 10.1. The van der Waals surface area contributed by atoms with Crippen LogP contribution >= 0.6 is 27.3 Å². The highest BCUT2D eigenvalue weighted by molar-refractivity contribution is 9.08. The van der Waals surface area contributed by atoms with E-state index in [-0.39, 0.29) is 5.69 Å². The molecule has 6 nitrogen and oxygen atoms in total. The second kappa shape index (κ2) is 5.45. The van der Waals surface area contributed by atoms with Gasteiger partial charge in [-0.05, 0) is 18.6 Å². The van der Waals surface area contributed by atoms with E-state index in [1.54, 1.807) is 13.0 Å². The Morgan fingerprint density at radius 3 is 3.00 bits per heavy atom. The molecule has 1 aromatic carbocycles. The molecule has 3 rings (SSSR count). The molecule has 2 heterocycles. The molecule has 0 atom stereocenters. The van der Waals surface area contributed by atoms with Crippen molar-refractivity contribution in [3.63, 3.8) is 0 Å². The molecule has 0 fully saturated rings. The lowest BCUT2D eigenvalue weighted by Gasteiger charge is -2.07. The predicted octanol–water partition coefficient (Wildman–Crippen LogP) is 4.30. The third kappa shape index (κ3) is 2.52. The molecule has 0 spiro atoms. The molecule has 0 N–H and O–H groups in total. The number of aryl methyl sites for hydroxylation is 1. The molecule has 108 valence electrons. The Hall–Kier alpha value is -1.93. The maximum atomic E-state index is 10.8. The summed E-state index contributed by atoms with van der Waals surface area (Å²) in [5, 5.41) is 13.3. The molecular weight excluding hydrogens is 358 g/mol. The number of thiazole rings is 1. The fourth-order valence-electron chi connectivity index (χ4n) is 1.98. The molecule has 2 aromatic heterocycles. The normalized spacial score (nSPS) is 11.0. The van der Waals surface area contributed by atoms with Gasteiger partial charge in [0, 0.05) is 29.0 Å². The van der Waals surface area contributed by atoms with Crippen molar-refractivity contribution in [3.8, 4) is 11.6 Å². The van der Waals surface area contributed by atoms with Crippen LogP contribution in [0.5, 0.6) is 11.6 Å². The number of halogens is 1. The smallest absolute Gasteiger partial charge is 0.269 e. The maximum absolute atomic E-state index is 10.8. The summed E-state index contributed by atoms with van der Waals surface area (Å²) in [7, 11) is 0. The highest BCUT2D eigenvalue weighted by atomic mass is 79.9. The van der Waals surface area contributed by atoms with Gasteiger partial charge in [-0.25, -0.2) is 0 Å². The monoisotopic (exact) mass is 367 g/mol. The average Bonchev–Trinajstić information content (AvgIpc) is 3.00. The second-order valence-corrected chi connectivity index (χ2v) is 5.80. The number of nitro groups is 1. The molecule has 0 unspecified atom stereocenters. The number of rotatable bonds is 4. The first-order valence-corrected chi connectivity index (χ1v) is 8.03. The summed E-state index contributed by atoms with van der Waals surface area (Å²) in [6, 6.07) is 4.51. The van der Waals surface area contributed by atoms with E-state index in [2.05, 4.69) is 20.9 Å². The number of alkyl halides is 1. The van der Waals surface area contributed by atoms with Crippen molar-refractivity contribution in [2.24, 2.45) is 0 Å². The van der Waals surface area contributed by atoms with Crippen molar-refractivity contribution in [2.75, 3.05) is 0 Å². The van der Waals surface area contributed by atoms with Gasteiger partial charge in [0.05, 0.1) is 10.6 Å². The average molecular weight is 368 g/mol. The van der Waals surface area contributed by atoms with Gasteiger partial charge in [0.25, 0.3) is 5.69 Å². The molecule has 0 radical (unpaired) electrons. The number of hydrogen-bond acceptors (Lipinski definition) is 5. The number of non-ortho nitro benzene ring substituents is 1. The van der Waals surface area contributed by atoms with E-state index in [9.17, 15) is 10.1 Å². The summed E-state index contributed by atoms with van der Waals surface area (Å²) < 4.78 is 7.79. The summed E-state index contributed by atoms with van der Waals surface area (Å²) in [4.78, 5) is 15.6. The predicted molar refractivity (Wildman–Crippen MR) is 83.6 cm³/mol. The Labute approximate surface area is 132 Å². The van der Waals surface area contributed by atoms with E-state index in [4.69, 9.17) is 4.74 Å². The topological polar surface area (TPSA) is 69.7 Å². The number of benzene rings is 1. The van der Waals surface area contributed by atoms with E-state index < -0.39 is 4.92 Å². The Morgan fingerprint density at radius 1 is 1.52 bits per heavy atom. The van der Waals surface area contributed by atoms with E-state index in [1.807, 2.05) is 16.0 Å². The molecule has 21 heavy (non-hydrogen) atoms. The highest BCUT2D eigenvalue weighted by Crippen LogP contribution is 2.32. The maximum Gasteiger partial charge on any atom is 0.269 e. The molecule has 0 aliphatic carbocycles. The van der Waals surface area contributed by atoms with Gasteiger partial charge in [-0.2, -0.15) is 4.98 Å². The molecule has 0 saturated heterocycles. The fourth-order valence-corrected chi connectivity index (χ4v) is 3.22. The Morgan fingerprint density at radius 2 is 2.33 bits per heavy atom. The number of fused-ring (bicyclic) bond motifs is 1. The number of hydrogen-bond donors (Lipinski definition) is 0. The fraction of sp³-hybridized carbons (Fsp3) is 0.154. The molecular formula is C13H10BrN3O3S. The van der Waals surface area contributed by atoms with Crippen molar-refractivity contribution in [1.29, 1.82) is 0 Å². The van der Waals surface area contributed by atoms with Gasteiger partial charge in [-0.15, -0.1) is 11.3 Å². The van der Waals surface area contributed by atoms with Crippen LogP contribution in [0.3, 0.4) is 0 Å². The van der Waals surface area contributed by atoms with Crippen LogP contribution in [0.2, 0.25) is 0 Å². The third-order valence-electron chi connectivity index (χ3n) is 3.03. The van der Waals surface area contributed by atoms with E-state index in [1.165, 1.54) is 23.5 Å². The zero-order valence-corrected chi connectivity index (χ0v) is 13.3. The summed E-state index contributed by atoms with van der Waals surface area (Å²) in [5.74, 6) is 1.07. The van der Waals surface area contributed by atoms with Crippen molar-refractivity contribution >= 4 is 37.9 Å². The minimum atomic E-state index is -0.423. The van der Waals surface area contributed by atoms with Gasteiger partial charge in [-0.3, -0.25) is 14.5 Å². The van der Waals surface area contributed by atoms with Crippen LogP contribution in [-0.2, 0) is 5.33 Å². The summed E-state index contributed by atoms with van der Waals surface area (Å²) in [6.45, 7) is 1.77. The number of nitro benzene ring substituents is 1. The molecule has 8 heteroatoms. The molecule has 3 aromatic rings. The Balaban J connectivity index is 1.98. The standard InChI is InChI=1S/C13H10BrN3O3S/c1-8-6-9(17(18)19)2-3-11(8)20-12-10(7-14)16-4-5-21-13(16)15-12/h2-6H,7H2,1H3. The van der Waals surface area contributed by atoms with Crippen molar-refractivity contribution in [3.05, 3.63) is 51.1 Å². The molecule has 0 amide bonds. The summed E-state index contributed by atoms with van der Waals surface area (Å²) in [5.41, 5.74) is 1.65. The number of imidazole rings is 1. The Kier molecular flexibility index (Phi) is 3.64. The zero-order valence-electron chi connectivity index (χ0n) is 10.9. The largest absolute Gasteiger partial charge is 0.437 e. The van der Waals surface area contributed by atoms with Gasteiger partial charge in [0.2, 0.25) is 5.88 Å². The van der Waals surface area contributed by atoms with Crippen molar-refractivity contribution in [2.45, 2.75) is 12.3 Å². The first kappa shape index (κ1) is 14.0. The van der Waals surface area contributed by atoms with Crippen LogP contribution in [0.25, 0.3) is 4.96 Å². The van der Waals surface area contributed by atoms with Crippen molar-refractivity contribution < 1.29 is 9.66 Å². The van der Waals surface area contributed by atoms with Crippen LogP contribution in [0.4, 0.5) is 5.69 Å². The zero-order chi connectivity index (χ0) is 15.0. The van der Waals surface area contributed by atoms with Crippen LogP contribution in [0.1, 0.15) is 11.3 Å². The van der Waals surface area contributed by atoms with Gasteiger partial charge in [0.15, 0.2) is 4.96 Å². The first-order valence-electron chi connectivity index (χ1n) is 6.03. The molecule has 0 saturated carbocycles. The lowest BCUT2D eigenvalue weighted by Crippen LogP contribution is -1.94. The van der Waals surface area contributed by atoms with E-state index in [0.29, 0.717) is 22.5 Å². The van der Waals surface area contributed by atoms with E-state index in [0.717, 1.165) is 10.7 Å². The highest BCUT2D eigenvalue weighted by Gasteiger charge is 2.16. The SMILES string of the molecule is Cc1cc([N+](=O)[O-])ccc1Oc1nc2sccn2c1CBr. The summed E-state index contributed by atoms with van der Waals surface area (Å²) >= 11 is 4.95. The molecule has 0 bridgehead atoms. The van der Waals surface area contributed by atoms with E-state index >= 15 is 0 Å². The van der Waals surface area contributed by atoms with Crippen LogP contribution < -0.4 is 4.74 Å².